The fraction of sp³-hybridized carbons (Fsp3) is 0.786. The smallest absolute Gasteiger partial charge is 0.122 e. The van der Waals surface area contributed by atoms with Gasteiger partial charge in [-0.1, -0.05) is 33.8 Å². The van der Waals surface area contributed by atoms with Gasteiger partial charge in [0.05, 0.1) is 6.04 Å². The van der Waals surface area contributed by atoms with Crippen molar-refractivity contribution in [1.82, 2.24) is 9.80 Å². The topological polar surface area (TPSA) is 18.8 Å². The number of hydrogen-bond acceptors (Lipinski definition) is 3. The van der Waals surface area contributed by atoms with E-state index in [1.165, 1.54) is 12.3 Å². The van der Waals surface area contributed by atoms with Crippen LogP contribution in [0.15, 0.2) is 17.3 Å². The maximum absolute atomic E-state index is 4.63. The van der Waals surface area contributed by atoms with E-state index in [0.717, 1.165) is 25.6 Å². The fourth-order valence-electron chi connectivity index (χ4n) is 2.62. The molecule has 0 radical (unpaired) electrons. The van der Waals surface area contributed by atoms with Gasteiger partial charge in [-0.05, 0) is 12.6 Å². The highest BCUT2D eigenvalue weighted by Gasteiger charge is 2.39. The zero-order valence-corrected chi connectivity index (χ0v) is 12.0. The van der Waals surface area contributed by atoms with E-state index in [1.807, 2.05) is 27.7 Å². The minimum atomic E-state index is 0. The summed E-state index contributed by atoms with van der Waals surface area (Å²) >= 11 is 0. The average molecular weight is 239 g/mol. The van der Waals surface area contributed by atoms with Crippen LogP contribution in [0, 0.1) is 5.92 Å². The van der Waals surface area contributed by atoms with Crippen molar-refractivity contribution in [1.29, 1.82) is 0 Å². The van der Waals surface area contributed by atoms with E-state index >= 15 is 0 Å². The van der Waals surface area contributed by atoms with Crippen LogP contribution >= 0.6 is 0 Å². The third-order valence-electron chi connectivity index (χ3n) is 3.37. The summed E-state index contributed by atoms with van der Waals surface area (Å²) in [4.78, 5) is 9.40. The highest BCUT2D eigenvalue weighted by atomic mass is 15.3. The van der Waals surface area contributed by atoms with Gasteiger partial charge in [-0.25, -0.2) is 0 Å². The lowest BCUT2D eigenvalue weighted by Crippen LogP contribution is -2.55. The van der Waals surface area contributed by atoms with Gasteiger partial charge >= 0.3 is 0 Å². The predicted octanol–water partition coefficient (Wildman–Crippen LogP) is 2.85. The Morgan fingerprint density at radius 3 is 2.65 bits per heavy atom. The van der Waals surface area contributed by atoms with Crippen LogP contribution in [0.2, 0.25) is 0 Å². The summed E-state index contributed by atoms with van der Waals surface area (Å²) in [6.07, 6.45) is 5.86. The van der Waals surface area contributed by atoms with E-state index in [0.29, 0.717) is 6.04 Å². The Kier molecular flexibility index (Phi) is 5.52. The fourth-order valence-corrected chi connectivity index (χ4v) is 2.62. The van der Waals surface area contributed by atoms with Gasteiger partial charge in [-0.15, -0.1) is 0 Å². The molecule has 1 saturated heterocycles. The Morgan fingerprint density at radius 1 is 1.24 bits per heavy atom. The van der Waals surface area contributed by atoms with Gasteiger partial charge in [-0.2, -0.15) is 0 Å². The van der Waals surface area contributed by atoms with Crippen LogP contribution in [0.1, 0.15) is 35.5 Å². The summed E-state index contributed by atoms with van der Waals surface area (Å²) in [7, 11) is 2.16. The maximum atomic E-state index is 4.63. The van der Waals surface area contributed by atoms with E-state index in [4.69, 9.17) is 0 Å². The summed E-state index contributed by atoms with van der Waals surface area (Å²) in [6, 6.07) is 0.576. The van der Waals surface area contributed by atoms with Crippen LogP contribution in [0.25, 0.3) is 0 Å². The first-order valence-electron chi connectivity index (χ1n) is 7.06. The second-order valence-corrected chi connectivity index (χ2v) is 4.14. The summed E-state index contributed by atoms with van der Waals surface area (Å²) in [5, 5.41) is 0. The third kappa shape index (κ3) is 2.64. The zero-order chi connectivity index (χ0) is 12.8. The minimum Gasteiger partial charge on any atom is -0.365 e. The number of amidine groups is 1. The van der Waals surface area contributed by atoms with Gasteiger partial charge in [0.1, 0.15) is 5.84 Å². The van der Waals surface area contributed by atoms with E-state index in [2.05, 4.69) is 34.1 Å². The highest BCUT2D eigenvalue weighted by Crippen LogP contribution is 2.31. The van der Waals surface area contributed by atoms with Gasteiger partial charge in [0.15, 0.2) is 0 Å². The number of piperazine rings is 1. The Bertz CT molecular complexity index is 289. The Balaban J connectivity index is 0.000000531. The van der Waals surface area contributed by atoms with Crippen molar-refractivity contribution >= 4 is 5.84 Å². The molecule has 0 aromatic rings. The van der Waals surface area contributed by atoms with Crippen molar-refractivity contribution in [3.05, 3.63) is 12.3 Å². The Morgan fingerprint density at radius 2 is 1.94 bits per heavy atom. The van der Waals surface area contributed by atoms with E-state index in [-0.39, 0.29) is 1.43 Å². The van der Waals surface area contributed by atoms with E-state index in [1.54, 1.807) is 0 Å². The average Bonchev–Trinajstić information content (AvgIpc) is 2.84. The summed E-state index contributed by atoms with van der Waals surface area (Å²) in [6.45, 7) is 11.3. The Labute approximate surface area is 108 Å². The van der Waals surface area contributed by atoms with Crippen LogP contribution in [-0.4, -0.2) is 48.4 Å². The molecule has 0 aromatic heterocycles. The quantitative estimate of drug-likeness (QED) is 0.647. The first-order chi connectivity index (χ1) is 8.36. The SMILES string of the molecule is CC.CC.CN1CCN2C=CC3CCN=C1C32.[HH]. The van der Waals surface area contributed by atoms with Crippen LogP contribution in [-0.2, 0) is 0 Å². The molecule has 0 aromatic carbocycles. The molecular formula is C14H29N3. The maximum Gasteiger partial charge on any atom is 0.122 e. The molecule has 3 aliphatic rings. The minimum absolute atomic E-state index is 0. The first kappa shape index (κ1) is 14.1. The number of hydrogen-bond donors (Lipinski definition) is 0. The lowest BCUT2D eigenvalue weighted by atomic mass is 9.93. The summed E-state index contributed by atoms with van der Waals surface area (Å²) in [5.41, 5.74) is 0. The van der Waals surface area contributed by atoms with Crippen molar-refractivity contribution in [2.24, 2.45) is 10.9 Å². The molecule has 0 amide bonds. The van der Waals surface area contributed by atoms with Crippen molar-refractivity contribution in [3.8, 4) is 0 Å². The van der Waals surface area contributed by atoms with Gasteiger partial charge in [0.25, 0.3) is 0 Å². The van der Waals surface area contributed by atoms with Crippen LogP contribution < -0.4 is 0 Å². The molecule has 3 aliphatic heterocycles. The molecule has 3 heterocycles. The monoisotopic (exact) mass is 239 g/mol. The molecule has 3 heteroatoms. The zero-order valence-electron chi connectivity index (χ0n) is 12.0. The molecule has 2 atom stereocenters. The van der Waals surface area contributed by atoms with Crippen molar-refractivity contribution in [2.45, 2.75) is 40.2 Å². The normalized spacial score (nSPS) is 28.4. The largest absolute Gasteiger partial charge is 0.365 e. The van der Waals surface area contributed by atoms with Gasteiger partial charge in [-0.3, -0.25) is 4.99 Å². The predicted molar refractivity (Wildman–Crippen MR) is 77.5 cm³/mol. The van der Waals surface area contributed by atoms with Gasteiger partial charge in [0.2, 0.25) is 0 Å². The van der Waals surface area contributed by atoms with Crippen molar-refractivity contribution in [3.63, 3.8) is 0 Å². The van der Waals surface area contributed by atoms with Gasteiger partial charge < -0.3 is 9.80 Å². The molecule has 0 spiro atoms. The van der Waals surface area contributed by atoms with Crippen molar-refractivity contribution in [2.75, 3.05) is 26.7 Å². The molecule has 0 aliphatic carbocycles. The number of aliphatic imine (C=N–C) groups is 1. The lowest BCUT2D eigenvalue weighted by Gasteiger charge is -2.42. The molecule has 3 nitrogen and oxygen atoms in total. The second-order valence-electron chi connectivity index (χ2n) is 4.14. The standard InChI is InChI=1S/C10H15N3.2C2H6.H2/c1-12-6-7-13-5-3-8-2-4-11-10(12)9(8)13;2*1-2;/h3,5,8-9H,2,4,6-7H2,1H3;2*1-2H3;1H. The molecule has 0 N–H and O–H groups in total. The van der Waals surface area contributed by atoms with Crippen LogP contribution in [0.3, 0.4) is 0 Å². The molecular weight excluding hydrogens is 210 g/mol. The number of likely N-dealkylation sites (N-methyl/N-ethyl adjacent to an activating group) is 1. The number of rotatable bonds is 0. The highest BCUT2D eigenvalue weighted by molar-refractivity contribution is 5.89. The van der Waals surface area contributed by atoms with E-state index < -0.39 is 0 Å². The number of nitrogens with zero attached hydrogens (tertiary/aromatic N) is 3. The molecule has 17 heavy (non-hydrogen) atoms. The molecule has 100 valence electrons. The van der Waals surface area contributed by atoms with Crippen LogP contribution in [0.4, 0.5) is 0 Å². The summed E-state index contributed by atoms with van der Waals surface area (Å²) in [5.74, 6) is 2.04. The second kappa shape index (κ2) is 6.67. The molecule has 1 fully saturated rings. The molecule has 2 unspecified atom stereocenters. The molecule has 0 bridgehead atoms. The Hall–Kier alpha value is -0.990. The summed E-state index contributed by atoms with van der Waals surface area (Å²) < 4.78 is 0. The lowest BCUT2D eigenvalue weighted by molar-refractivity contribution is 0.225. The molecule has 3 rings (SSSR count). The van der Waals surface area contributed by atoms with E-state index in [9.17, 15) is 0 Å². The van der Waals surface area contributed by atoms with Crippen molar-refractivity contribution < 1.29 is 1.43 Å². The molecule has 0 saturated carbocycles. The van der Waals surface area contributed by atoms with Gasteiger partial charge in [0, 0.05) is 34.0 Å². The van der Waals surface area contributed by atoms with Crippen LogP contribution in [0.5, 0.6) is 0 Å². The first-order valence-corrected chi connectivity index (χ1v) is 7.06. The third-order valence-corrected chi connectivity index (χ3v) is 3.37.